The Bertz CT molecular complexity index is 1760. The highest BCUT2D eigenvalue weighted by Gasteiger charge is 2.20. The Labute approximate surface area is 251 Å². The SMILES string of the molecule is CCn1c(S/C(=C\c2cn(Cc3ccc(Cl)cc3Cl)c3ccccc23)C(=O)O)nnc1-c1cc(OC)cc(OC)c1. The Balaban J connectivity index is 1.52. The molecule has 0 aliphatic rings. The lowest BCUT2D eigenvalue weighted by molar-refractivity contribution is -0.131. The smallest absolute Gasteiger partial charge is 0.342 e. The summed E-state index contributed by atoms with van der Waals surface area (Å²) in [7, 11) is 3.16. The zero-order valence-corrected chi connectivity index (χ0v) is 24.8. The van der Waals surface area contributed by atoms with Crippen molar-refractivity contribution >= 4 is 57.9 Å². The van der Waals surface area contributed by atoms with Crippen molar-refractivity contribution in [3.8, 4) is 22.9 Å². The van der Waals surface area contributed by atoms with Crippen molar-refractivity contribution in [2.45, 2.75) is 25.2 Å². The third-order valence-corrected chi connectivity index (χ3v) is 8.10. The van der Waals surface area contributed by atoms with E-state index in [-0.39, 0.29) is 4.91 Å². The standard InChI is InChI=1S/C30H26Cl2N4O4S/c1-4-36-28(19-11-22(39-2)15-23(12-19)40-3)33-34-30(36)41-27(29(37)38)13-20-17-35(26-8-6-5-7-24(20)26)16-18-9-10-21(31)14-25(18)32/h5-15,17H,4,16H2,1-3H3,(H,37,38)/b27-13-. The van der Waals surface area contributed by atoms with Crippen molar-refractivity contribution in [1.82, 2.24) is 19.3 Å². The molecule has 0 saturated carbocycles. The van der Waals surface area contributed by atoms with E-state index in [9.17, 15) is 9.90 Å². The van der Waals surface area contributed by atoms with E-state index in [1.165, 1.54) is 0 Å². The topological polar surface area (TPSA) is 91.4 Å². The van der Waals surface area contributed by atoms with Gasteiger partial charge in [0, 0.05) is 57.4 Å². The number of benzene rings is 3. The van der Waals surface area contributed by atoms with E-state index in [0.29, 0.717) is 45.6 Å². The van der Waals surface area contributed by atoms with E-state index in [4.69, 9.17) is 32.7 Å². The molecule has 5 rings (SSSR count). The molecule has 8 nitrogen and oxygen atoms in total. The number of aromatic nitrogens is 4. The van der Waals surface area contributed by atoms with Crippen molar-refractivity contribution in [1.29, 1.82) is 0 Å². The normalized spacial score (nSPS) is 11.7. The first-order valence-corrected chi connectivity index (χ1v) is 14.2. The molecule has 11 heteroatoms. The summed E-state index contributed by atoms with van der Waals surface area (Å²) in [5.41, 5.74) is 3.35. The molecular formula is C30H26Cl2N4O4S. The molecule has 0 fully saturated rings. The van der Waals surface area contributed by atoms with Gasteiger partial charge in [0.15, 0.2) is 11.0 Å². The van der Waals surface area contributed by atoms with Crippen LogP contribution in [0.5, 0.6) is 11.5 Å². The molecule has 2 heterocycles. The molecular weight excluding hydrogens is 583 g/mol. The van der Waals surface area contributed by atoms with Gasteiger partial charge >= 0.3 is 5.97 Å². The zero-order valence-electron chi connectivity index (χ0n) is 22.5. The number of hydrogen-bond donors (Lipinski definition) is 1. The number of fused-ring (bicyclic) bond motifs is 1. The van der Waals surface area contributed by atoms with Crippen molar-refractivity contribution in [3.05, 3.63) is 92.9 Å². The number of rotatable bonds is 10. The second-order valence-corrected chi connectivity index (χ2v) is 10.9. The quantitative estimate of drug-likeness (QED) is 0.129. The van der Waals surface area contributed by atoms with Crippen LogP contribution in [0.2, 0.25) is 10.0 Å². The van der Waals surface area contributed by atoms with Crippen LogP contribution >= 0.6 is 35.0 Å². The number of carboxylic acid groups (broad SMARTS) is 1. The molecule has 1 N–H and O–H groups in total. The molecule has 210 valence electrons. The van der Waals surface area contributed by atoms with Gasteiger partial charge in [-0.3, -0.25) is 0 Å². The summed E-state index contributed by atoms with van der Waals surface area (Å²) in [5.74, 6) is 0.736. The lowest BCUT2D eigenvalue weighted by atomic mass is 10.1. The van der Waals surface area contributed by atoms with Crippen LogP contribution in [0.3, 0.4) is 0 Å². The van der Waals surface area contributed by atoms with Crippen LogP contribution in [0.25, 0.3) is 28.4 Å². The van der Waals surface area contributed by atoms with Gasteiger partial charge in [0.05, 0.1) is 14.2 Å². The number of carboxylic acids is 1. The average Bonchev–Trinajstić information content (AvgIpc) is 3.54. The zero-order chi connectivity index (χ0) is 29.1. The molecule has 0 bridgehead atoms. The van der Waals surface area contributed by atoms with Gasteiger partial charge in [0.25, 0.3) is 0 Å². The third kappa shape index (κ3) is 6.07. The predicted molar refractivity (Wildman–Crippen MR) is 163 cm³/mol. The van der Waals surface area contributed by atoms with Crippen LogP contribution in [0, 0.1) is 0 Å². The number of hydrogen-bond acceptors (Lipinski definition) is 6. The minimum Gasteiger partial charge on any atom is -0.497 e. The maximum atomic E-state index is 12.4. The highest BCUT2D eigenvalue weighted by Crippen LogP contribution is 2.35. The molecule has 0 atom stereocenters. The average molecular weight is 610 g/mol. The van der Waals surface area contributed by atoms with Crippen LogP contribution in [0.1, 0.15) is 18.1 Å². The van der Waals surface area contributed by atoms with E-state index >= 15 is 0 Å². The van der Waals surface area contributed by atoms with Crippen molar-refractivity contribution < 1.29 is 19.4 Å². The van der Waals surface area contributed by atoms with Gasteiger partial charge in [-0.25, -0.2) is 4.79 Å². The van der Waals surface area contributed by atoms with E-state index in [1.54, 1.807) is 38.5 Å². The number of ether oxygens (including phenoxy) is 2. The molecule has 0 saturated heterocycles. The molecule has 0 aliphatic heterocycles. The Morgan fingerprint density at radius 3 is 2.41 bits per heavy atom. The maximum Gasteiger partial charge on any atom is 0.342 e. The summed E-state index contributed by atoms with van der Waals surface area (Å²) < 4.78 is 14.7. The van der Waals surface area contributed by atoms with E-state index in [2.05, 4.69) is 10.2 Å². The van der Waals surface area contributed by atoms with E-state index in [1.807, 2.05) is 64.7 Å². The first kappa shape index (κ1) is 28.6. The van der Waals surface area contributed by atoms with Gasteiger partial charge in [-0.05, 0) is 60.7 Å². The van der Waals surface area contributed by atoms with Crippen molar-refractivity contribution in [2.75, 3.05) is 14.2 Å². The fourth-order valence-corrected chi connectivity index (χ4v) is 5.87. The largest absolute Gasteiger partial charge is 0.497 e. The predicted octanol–water partition coefficient (Wildman–Crippen LogP) is 7.51. The molecule has 41 heavy (non-hydrogen) atoms. The molecule has 2 aromatic heterocycles. The molecule has 0 aliphatic carbocycles. The van der Waals surface area contributed by atoms with Crippen LogP contribution in [0.15, 0.2) is 76.9 Å². The number of aliphatic carboxylic acids is 1. The number of carbonyl (C=O) groups is 1. The third-order valence-electron chi connectivity index (χ3n) is 6.52. The minimum absolute atomic E-state index is 0.106. The Morgan fingerprint density at radius 1 is 1.02 bits per heavy atom. The van der Waals surface area contributed by atoms with Gasteiger partial charge in [-0.15, -0.1) is 10.2 Å². The number of methoxy groups -OCH3 is 2. The maximum absolute atomic E-state index is 12.4. The lowest BCUT2D eigenvalue weighted by Crippen LogP contribution is -2.03. The number of nitrogens with zero attached hydrogens (tertiary/aromatic N) is 4. The van der Waals surface area contributed by atoms with Gasteiger partial charge in [0.2, 0.25) is 0 Å². The summed E-state index contributed by atoms with van der Waals surface area (Å²) in [6.07, 6.45) is 3.59. The molecule has 5 aromatic rings. The monoisotopic (exact) mass is 608 g/mol. The summed E-state index contributed by atoms with van der Waals surface area (Å²) in [4.78, 5) is 12.6. The molecule has 0 amide bonds. The first-order valence-electron chi connectivity index (χ1n) is 12.6. The lowest BCUT2D eigenvalue weighted by Gasteiger charge is -2.10. The summed E-state index contributed by atoms with van der Waals surface area (Å²) >= 11 is 13.6. The van der Waals surface area contributed by atoms with Crippen LogP contribution in [-0.2, 0) is 17.9 Å². The highest BCUT2D eigenvalue weighted by atomic mass is 35.5. The molecule has 0 spiro atoms. The minimum atomic E-state index is -1.07. The fourth-order valence-electron chi connectivity index (χ4n) is 4.53. The number of thioether (sulfide) groups is 1. The van der Waals surface area contributed by atoms with Crippen LogP contribution in [-0.4, -0.2) is 44.6 Å². The summed E-state index contributed by atoms with van der Waals surface area (Å²) in [5, 5.41) is 21.4. The van der Waals surface area contributed by atoms with Crippen molar-refractivity contribution in [3.63, 3.8) is 0 Å². The Hall–Kier alpha value is -3.92. The Kier molecular flexibility index (Phi) is 8.58. The second-order valence-electron chi connectivity index (χ2n) is 9.03. The Morgan fingerprint density at radius 2 is 1.76 bits per heavy atom. The van der Waals surface area contributed by atoms with E-state index < -0.39 is 5.97 Å². The summed E-state index contributed by atoms with van der Waals surface area (Å²) in [6, 6.07) is 18.7. The van der Waals surface area contributed by atoms with Crippen molar-refractivity contribution in [2.24, 2.45) is 0 Å². The highest BCUT2D eigenvalue weighted by molar-refractivity contribution is 8.04. The second kappa shape index (κ2) is 12.3. The molecule has 0 radical (unpaired) electrons. The van der Waals surface area contributed by atoms with Gasteiger partial charge < -0.3 is 23.7 Å². The molecule has 0 unspecified atom stereocenters. The number of halogens is 2. The fraction of sp³-hybridized carbons (Fsp3) is 0.167. The molecule has 3 aromatic carbocycles. The van der Waals surface area contributed by atoms with Crippen LogP contribution in [0.4, 0.5) is 0 Å². The van der Waals surface area contributed by atoms with Gasteiger partial charge in [0.1, 0.15) is 16.4 Å². The first-order chi connectivity index (χ1) is 19.8. The van der Waals surface area contributed by atoms with Gasteiger partial charge in [-0.1, -0.05) is 47.5 Å². The number of para-hydroxylation sites is 1. The summed E-state index contributed by atoms with van der Waals surface area (Å²) in [6.45, 7) is 2.98. The van der Waals surface area contributed by atoms with E-state index in [0.717, 1.165) is 39.4 Å². The van der Waals surface area contributed by atoms with Gasteiger partial charge in [-0.2, -0.15) is 0 Å². The van der Waals surface area contributed by atoms with Crippen LogP contribution < -0.4 is 9.47 Å².